The Kier molecular flexibility index (Phi) is 3.79. The van der Waals surface area contributed by atoms with Gasteiger partial charge < -0.3 is 14.9 Å². The van der Waals surface area contributed by atoms with Crippen LogP contribution in [0, 0.1) is 10.1 Å². The van der Waals surface area contributed by atoms with Crippen molar-refractivity contribution in [1.29, 1.82) is 0 Å². The van der Waals surface area contributed by atoms with Gasteiger partial charge in [0.05, 0.1) is 12.2 Å². The maximum atomic E-state index is 11.4. The molecule has 2 rings (SSSR count). The van der Waals surface area contributed by atoms with Crippen LogP contribution >= 0.6 is 0 Å². The highest BCUT2D eigenvalue weighted by atomic mass is 16.6. The van der Waals surface area contributed by atoms with Gasteiger partial charge in [0.25, 0.3) is 0 Å². The van der Waals surface area contributed by atoms with Crippen molar-refractivity contribution < 1.29 is 14.5 Å². The molecule has 2 aromatic rings. The highest BCUT2D eigenvalue weighted by molar-refractivity contribution is 5.87. The van der Waals surface area contributed by atoms with Crippen molar-refractivity contribution in [3.8, 4) is 0 Å². The minimum Gasteiger partial charge on any atom is -0.466 e. The maximum Gasteiger partial charge on any atom is 0.325 e. The molecule has 0 spiro atoms. The summed E-state index contributed by atoms with van der Waals surface area (Å²) in [5.74, 6) is -0.396. The molecule has 1 heterocycles. The summed E-state index contributed by atoms with van der Waals surface area (Å²) < 4.78 is 4.83. The maximum absolute atomic E-state index is 11.4. The zero-order valence-electron chi connectivity index (χ0n) is 10.5. The molecule has 0 aliphatic carbocycles. The molecule has 0 atom stereocenters. The van der Waals surface area contributed by atoms with Crippen molar-refractivity contribution in [2.45, 2.75) is 19.8 Å². The Morgan fingerprint density at radius 2 is 2.16 bits per heavy atom. The topological polar surface area (TPSA) is 85.2 Å². The van der Waals surface area contributed by atoms with Gasteiger partial charge in [-0.3, -0.25) is 4.79 Å². The zero-order valence-corrected chi connectivity index (χ0v) is 10.5. The lowest BCUT2D eigenvalue weighted by Crippen LogP contribution is -2.05. The van der Waals surface area contributed by atoms with Crippen molar-refractivity contribution in [2.75, 3.05) is 6.61 Å². The number of H-pyrrole nitrogens is 1. The molecule has 6 nitrogen and oxygen atoms in total. The molecular formula is C13H14N2O4. The number of esters is 1. The fourth-order valence-corrected chi connectivity index (χ4v) is 2.05. The van der Waals surface area contributed by atoms with Crippen molar-refractivity contribution in [2.24, 2.45) is 0 Å². The number of nitrogens with one attached hydrogen (secondary N) is 1. The molecular weight excluding hydrogens is 248 g/mol. The van der Waals surface area contributed by atoms with Gasteiger partial charge in [0.2, 0.25) is 0 Å². The van der Waals surface area contributed by atoms with Gasteiger partial charge in [-0.25, -0.2) is 4.98 Å². The third-order valence-corrected chi connectivity index (χ3v) is 2.86. The smallest absolute Gasteiger partial charge is 0.325 e. The largest absolute Gasteiger partial charge is 0.466 e. The molecule has 0 fully saturated rings. The van der Waals surface area contributed by atoms with Crippen molar-refractivity contribution in [3.05, 3.63) is 39.9 Å². The van der Waals surface area contributed by atoms with E-state index in [1.54, 1.807) is 25.1 Å². The molecule has 0 saturated carbocycles. The van der Waals surface area contributed by atoms with E-state index < -0.39 is 4.92 Å². The number of ether oxygens (including phenoxy) is 1. The van der Waals surface area contributed by atoms with Crippen molar-refractivity contribution in [1.82, 2.24) is 4.98 Å². The fourth-order valence-electron chi connectivity index (χ4n) is 2.05. The molecule has 1 N–H and O–H groups in total. The second-order valence-corrected chi connectivity index (χ2v) is 4.06. The summed E-state index contributed by atoms with van der Waals surface area (Å²) in [7, 11) is 0. The van der Waals surface area contributed by atoms with Crippen LogP contribution in [0.5, 0.6) is 0 Å². The highest BCUT2D eigenvalue weighted by Crippen LogP contribution is 2.28. The van der Waals surface area contributed by atoms with Crippen molar-refractivity contribution in [3.63, 3.8) is 0 Å². The molecule has 0 saturated heterocycles. The van der Waals surface area contributed by atoms with Gasteiger partial charge in [0, 0.05) is 11.8 Å². The van der Waals surface area contributed by atoms with Crippen LogP contribution in [0.3, 0.4) is 0 Å². The number of aryl methyl sites for hydroxylation is 1. The molecule has 0 radical (unpaired) electrons. The van der Waals surface area contributed by atoms with Gasteiger partial charge >= 0.3 is 11.8 Å². The lowest BCUT2D eigenvalue weighted by molar-refractivity contribution is -0.389. The number of para-hydroxylation sites is 1. The Morgan fingerprint density at radius 1 is 1.42 bits per heavy atom. The summed E-state index contributed by atoms with van der Waals surface area (Å²) in [6.45, 7) is 2.04. The number of carbonyl (C=O) groups excluding carboxylic acids is 1. The van der Waals surface area contributed by atoms with E-state index >= 15 is 0 Å². The van der Waals surface area contributed by atoms with Gasteiger partial charge in [-0.2, -0.15) is 0 Å². The standard InChI is InChI=1S/C13H14N2O4/c1-2-19-12(16)8-7-10-9-5-3-4-6-11(9)14-13(10)15(17)18/h3-6,14H,2,7-8H2,1H3. The van der Waals surface area contributed by atoms with E-state index in [0.717, 1.165) is 5.39 Å². The monoisotopic (exact) mass is 262 g/mol. The number of nitro groups is 1. The average molecular weight is 262 g/mol. The predicted molar refractivity (Wildman–Crippen MR) is 69.9 cm³/mol. The first kappa shape index (κ1) is 13.1. The van der Waals surface area contributed by atoms with Gasteiger partial charge in [0.15, 0.2) is 0 Å². The van der Waals surface area contributed by atoms with E-state index in [1.807, 2.05) is 6.07 Å². The molecule has 0 aliphatic rings. The fraction of sp³-hybridized carbons (Fsp3) is 0.308. The first-order valence-electron chi connectivity index (χ1n) is 6.03. The number of hydrogen-bond acceptors (Lipinski definition) is 4. The average Bonchev–Trinajstić information content (AvgIpc) is 2.75. The highest BCUT2D eigenvalue weighted by Gasteiger charge is 2.20. The lowest BCUT2D eigenvalue weighted by atomic mass is 10.1. The Morgan fingerprint density at radius 3 is 2.84 bits per heavy atom. The summed E-state index contributed by atoms with van der Waals surface area (Å²) in [6, 6.07) is 7.20. The minimum absolute atomic E-state index is 0.0505. The minimum atomic E-state index is -0.458. The number of fused-ring (bicyclic) bond motifs is 1. The number of hydrogen-bond donors (Lipinski definition) is 1. The van der Waals surface area contributed by atoms with Crippen LogP contribution in [0.15, 0.2) is 24.3 Å². The molecule has 0 bridgehead atoms. The van der Waals surface area contributed by atoms with E-state index in [2.05, 4.69) is 4.98 Å². The summed E-state index contributed by atoms with van der Waals surface area (Å²) in [6.07, 6.45) is 0.426. The molecule has 6 heteroatoms. The second-order valence-electron chi connectivity index (χ2n) is 4.06. The first-order valence-corrected chi connectivity index (χ1v) is 6.03. The van der Waals surface area contributed by atoms with Crippen LogP contribution in [0.25, 0.3) is 10.9 Å². The number of carbonyl (C=O) groups is 1. The summed E-state index contributed by atoms with van der Waals surface area (Å²) >= 11 is 0. The van der Waals surface area contributed by atoms with E-state index in [1.165, 1.54) is 0 Å². The summed E-state index contributed by atoms with van der Waals surface area (Å²) in [5, 5.41) is 11.8. The third-order valence-electron chi connectivity index (χ3n) is 2.86. The van der Waals surface area contributed by atoms with E-state index in [9.17, 15) is 14.9 Å². The molecule has 1 aromatic heterocycles. The molecule has 0 aliphatic heterocycles. The van der Waals surface area contributed by atoms with Crippen LogP contribution in [0.4, 0.5) is 5.82 Å². The van der Waals surface area contributed by atoms with Gasteiger partial charge in [0.1, 0.15) is 5.52 Å². The SMILES string of the molecule is CCOC(=O)CCc1c([N+](=O)[O-])[nH]c2ccccc12. The lowest BCUT2D eigenvalue weighted by Gasteiger charge is -2.01. The van der Waals surface area contributed by atoms with E-state index in [4.69, 9.17) is 4.74 Å². The first-order chi connectivity index (χ1) is 9.13. The molecule has 19 heavy (non-hydrogen) atoms. The predicted octanol–water partition coefficient (Wildman–Crippen LogP) is 2.57. The quantitative estimate of drug-likeness (QED) is 0.509. The zero-order chi connectivity index (χ0) is 13.8. The second kappa shape index (κ2) is 5.51. The van der Waals surface area contributed by atoms with Crippen LogP contribution in [0.2, 0.25) is 0 Å². The normalized spacial score (nSPS) is 10.6. The third kappa shape index (κ3) is 2.73. The number of rotatable bonds is 5. The van der Waals surface area contributed by atoms with Crippen molar-refractivity contribution >= 4 is 22.7 Å². The number of aromatic nitrogens is 1. The van der Waals surface area contributed by atoms with Gasteiger partial charge in [-0.15, -0.1) is 0 Å². The number of aromatic amines is 1. The Hall–Kier alpha value is -2.37. The molecule has 0 amide bonds. The van der Waals surface area contributed by atoms with E-state index in [-0.39, 0.29) is 18.2 Å². The Labute approximate surface area is 109 Å². The summed E-state index contributed by atoms with van der Waals surface area (Å²) in [4.78, 5) is 24.7. The number of benzene rings is 1. The number of nitrogens with zero attached hydrogens (tertiary/aromatic N) is 1. The molecule has 100 valence electrons. The van der Waals surface area contributed by atoms with Crippen LogP contribution in [-0.4, -0.2) is 22.5 Å². The van der Waals surface area contributed by atoms with Crippen LogP contribution < -0.4 is 0 Å². The molecule has 0 unspecified atom stereocenters. The Bertz CT molecular complexity index is 618. The summed E-state index contributed by atoms with van der Waals surface area (Å²) in [5.41, 5.74) is 1.25. The molecule has 1 aromatic carbocycles. The van der Waals surface area contributed by atoms with Crippen LogP contribution in [0.1, 0.15) is 18.9 Å². The van der Waals surface area contributed by atoms with E-state index in [0.29, 0.717) is 24.1 Å². The van der Waals surface area contributed by atoms with Crippen LogP contribution in [-0.2, 0) is 16.0 Å². The van der Waals surface area contributed by atoms with Gasteiger partial charge in [-0.1, -0.05) is 18.2 Å². The van der Waals surface area contributed by atoms with Gasteiger partial charge in [-0.05, 0) is 24.3 Å². The Balaban J connectivity index is 2.31.